The molecule has 62 valence electrons. The van der Waals surface area contributed by atoms with Gasteiger partial charge in [-0.1, -0.05) is 20.3 Å². The molecule has 0 aromatic carbocycles. The van der Waals surface area contributed by atoms with Crippen LogP contribution in [0.3, 0.4) is 0 Å². The van der Waals surface area contributed by atoms with Crippen LogP contribution in [-0.4, -0.2) is 19.8 Å². The van der Waals surface area contributed by atoms with Gasteiger partial charge < -0.3 is 10.6 Å². The van der Waals surface area contributed by atoms with Gasteiger partial charge in [-0.2, -0.15) is 0 Å². The van der Waals surface area contributed by atoms with E-state index < -0.39 is 0 Å². The second kappa shape index (κ2) is 7.03. The van der Waals surface area contributed by atoms with Gasteiger partial charge in [-0.15, -0.1) is 0 Å². The summed E-state index contributed by atoms with van der Waals surface area (Å²) in [7, 11) is 1.99. The Labute approximate surface area is 64.4 Å². The third kappa shape index (κ3) is 4.77. The molecule has 0 saturated carbocycles. The molecule has 0 heterocycles. The summed E-state index contributed by atoms with van der Waals surface area (Å²) >= 11 is 0. The molecule has 1 unspecified atom stereocenters. The molecule has 0 aliphatic heterocycles. The fraction of sp³-hybridized carbons (Fsp3) is 1.00. The lowest BCUT2D eigenvalue weighted by atomic mass is 10.3. The SMILES string of the molecule is CCCCNC(CC)NC. The summed E-state index contributed by atoms with van der Waals surface area (Å²) in [6.07, 6.45) is 4.21. The van der Waals surface area contributed by atoms with Gasteiger partial charge in [0, 0.05) is 0 Å². The van der Waals surface area contributed by atoms with Crippen molar-refractivity contribution in [3.05, 3.63) is 0 Å². The van der Waals surface area contributed by atoms with Crippen molar-refractivity contribution in [2.24, 2.45) is 0 Å². The minimum Gasteiger partial charge on any atom is -0.305 e. The number of nitrogens with one attached hydrogen (secondary N) is 2. The lowest BCUT2D eigenvalue weighted by Gasteiger charge is -2.14. The Kier molecular flexibility index (Phi) is 6.98. The van der Waals surface area contributed by atoms with E-state index >= 15 is 0 Å². The van der Waals surface area contributed by atoms with Gasteiger partial charge in [0.25, 0.3) is 0 Å². The molecular weight excluding hydrogens is 124 g/mol. The predicted molar refractivity (Wildman–Crippen MR) is 46.0 cm³/mol. The smallest absolute Gasteiger partial charge is 0.0566 e. The number of rotatable bonds is 6. The molecule has 0 aromatic rings. The Morgan fingerprint density at radius 1 is 1.30 bits per heavy atom. The molecular formula is C8H20N2. The Balaban J connectivity index is 3.09. The maximum absolute atomic E-state index is 3.41. The molecule has 0 rings (SSSR count). The van der Waals surface area contributed by atoms with Crippen molar-refractivity contribution in [3.63, 3.8) is 0 Å². The molecule has 2 heteroatoms. The molecule has 1 atom stereocenters. The van der Waals surface area contributed by atoms with Crippen LogP contribution in [0, 0.1) is 0 Å². The average molecular weight is 144 g/mol. The van der Waals surface area contributed by atoms with E-state index in [4.69, 9.17) is 0 Å². The van der Waals surface area contributed by atoms with Gasteiger partial charge in [-0.3, -0.25) is 0 Å². The first kappa shape index (κ1) is 9.92. The van der Waals surface area contributed by atoms with Crippen LogP contribution >= 0.6 is 0 Å². The highest BCUT2D eigenvalue weighted by atomic mass is 15.1. The number of unbranched alkanes of at least 4 members (excludes halogenated alkanes) is 1. The highest BCUT2D eigenvalue weighted by Crippen LogP contribution is 1.87. The summed E-state index contributed by atoms with van der Waals surface area (Å²) in [5.41, 5.74) is 0. The molecule has 0 aromatic heterocycles. The molecule has 0 spiro atoms. The zero-order valence-corrected chi connectivity index (χ0v) is 7.41. The standard InChI is InChI=1S/C8H20N2/c1-4-6-7-10-8(5-2)9-3/h8-10H,4-7H2,1-3H3. The third-order valence-electron chi connectivity index (χ3n) is 1.68. The van der Waals surface area contributed by atoms with E-state index in [0.29, 0.717) is 6.17 Å². The maximum Gasteiger partial charge on any atom is 0.0566 e. The first-order valence-corrected chi connectivity index (χ1v) is 4.25. The second-order valence-electron chi connectivity index (χ2n) is 2.56. The van der Waals surface area contributed by atoms with Gasteiger partial charge in [0.15, 0.2) is 0 Å². The van der Waals surface area contributed by atoms with Gasteiger partial charge in [0.1, 0.15) is 0 Å². The third-order valence-corrected chi connectivity index (χ3v) is 1.68. The zero-order valence-electron chi connectivity index (χ0n) is 7.41. The quantitative estimate of drug-likeness (QED) is 0.434. The first-order chi connectivity index (χ1) is 4.85. The summed E-state index contributed by atoms with van der Waals surface area (Å²) in [5, 5.41) is 6.61. The minimum atomic E-state index is 0.506. The monoisotopic (exact) mass is 144 g/mol. The van der Waals surface area contributed by atoms with Crippen molar-refractivity contribution >= 4 is 0 Å². The van der Waals surface area contributed by atoms with Crippen LogP contribution in [0.4, 0.5) is 0 Å². The fourth-order valence-corrected chi connectivity index (χ4v) is 0.904. The molecule has 0 fully saturated rings. The van der Waals surface area contributed by atoms with Gasteiger partial charge >= 0.3 is 0 Å². The largest absolute Gasteiger partial charge is 0.305 e. The summed E-state index contributed by atoms with van der Waals surface area (Å²) in [6.45, 7) is 5.53. The molecule has 0 radical (unpaired) electrons. The molecule has 0 amide bonds. The van der Waals surface area contributed by atoms with Gasteiger partial charge in [-0.05, 0) is 26.4 Å². The van der Waals surface area contributed by atoms with E-state index in [1.54, 1.807) is 0 Å². The van der Waals surface area contributed by atoms with Crippen molar-refractivity contribution in [3.8, 4) is 0 Å². The van der Waals surface area contributed by atoms with Crippen molar-refractivity contribution in [2.45, 2.75) is 39.3 Å². The van der Waals surface area contributed by atoms with Gasteiger partial charge in [0.2, 0.25) is 0 Å². The topological polar surface area (TPSA) is 24.1 Å². The maximum atomic E-state index is 3.41. The molecule has 0 bridgehead atoms. The zero-order chi connectivity index (χ0) is 7.82. The van der Waals surface area contributed by atoms with Crippen LogP contribution in [0.5, 0.6) is 0 Å². The summed E-state index contributed by atoms with van der Waals surface area (Å²) in [6, 6.07) is 0. The normalized spacial score (nSPS) is 13.5. The van der Waals surface area contributed by atoms with E-state index in [1.165, 1.54) is 12.8 Å². The highest BCUT2D eigenvalue weighted by Gasteiger charge is 1.97. The van der Waals surface area contributed by atoms with Crippen LogP contribution in [-0.2, 0) is 0 Å². The van der Waals surface area contributed by atoms with Crippen molar-refractivity contribution in [1.29, 1.82) is 0 Å². The summed E-state index contributed by atoms with van der Waals surface area (Å²) in [4.78, 5) is 0. The first-order valence-electron chi connectivity index (χ1n) is 4.25. The molecule has 10 heavy (non-hydrogen) atoms. The van der Waals surface area contributed by atoms with Gasteiger partial charge in [0.05, 0.1) is 6.17 Å². The van der Waals surface area contributed by atoms with Gasteiger partial charge in [-0.25, -0.2) is 0 Å². The predicted octanol–water partition coefficient (Wildman–Crippen LogP) is 1.33. The van der Waals surface area contributed by atoms with Crippen LogP contribution in [0.1, 0.15) is 33.1 Å². The van der Waals surface area contributed by atoms with E-state index in [-0.39, 0.29) is 0 Å². The molecule has 2 N–H and O–H groups in total. The van der Waals surface area contributed by atoms with E-state index in [0.717, 1.165) is 13.0 Å². The molecule has 0 aliphatic carbocycles. The van der Waals surface area contributed by atoms with E-state index in [2.05, 4.69) is 24.5 Å². The van der Waals surface area contributed by atoms with Crippen LogP contribution in [0.15, 0.2) is 0 Å². The van der Waals surface area contributed by atoms with E-state index in [1.807, 2.05) is 7.05 Å². The van der Waals surface area contributed by atoms with Crippen molar-refractivity contribution < 1.29 is 0 Å². The molecule has 0 aliphatic rings. The minimum absolute atomic E-state index is 0.506. The lowest BCUT2D eigenvalue weighted by Crippen LogP contribution is -2.39. The highest BCUT2D eigenvalue weighted by molar-refractivity contribution is 4.57. The summed E-state index contributed by atoms with van der Waals surface area (Å²) < 4.78 is 0. The molecule has 0 saturated heterocycles. The number of hydrogen-bond acceptors (Lipinski definition) is 2. The Hall–Kier alpha value is -0.0800. The Morgan fingerprint density at radius 3 is 2.40 bits per heavy atom. The Bertz CT molecular complexity index is 60.3. The lowest BCUT2D eigenvalue weighted by molar-refractivity contribution is 0.438. The van der Waals surface area contributed by atoms with Crippen LogP contribution in [0.25, 0.3) is 0 Å². The van der Waals surface area contributed by atoms with E-state index in [9.17, 15) is 0 Å². The number of hydrogen-bond donors (Lipinski definition) is 2. The van der Waals surface area contributed by atoms with Crippen molar-refractivity contribution in [2.75, 3.05) is 13.6 Å². The fourth-order valence-electron chi connectivity index (χ4n) is 0.904. The van der Waals surface area contributed by atoms with Crippen LogP contribution < -0.4 is 10.6 Å². The summed E-state index contributed by atoms with van der Waals surface area (Å²) in [5.74, 6) is 0. The average Bonchev–Trinajstić information content (AvgIpc) is 1.99. The second-order valence-corrected chi connectivity index (χ2v) is 2.56. The van der Waals surface area contributed by atoms with Crippen LogP contribution in [0.2, 0.25) is 0 Å². The molecule has 2 nitrogen and oxygen atoms in total. The van der Waals surface area contributed by atoms with Crippen molar-refractivity contribution in [1.82, 2.24) is 10.6 Å². The Morgan fingerprint density at radius 2 is 2.00 bits per heavy atom.